The molecule has 69 heavy (non-hydrogen) atoms. The van der Waals surface area contributed by atoms with Crippen LogP contribution in [0.1, 0.15) is 82.9 Å². The van der Waals surface area contributed by atoms with Gasteiger partial charge in [-0.3, -0.25) is 23.9 Å². The van der Waals surface area contributed by atoms with Crippen molar-refractivity contribution in [1.82, 2.24) is 30.2 Å². The van der Waals surface area contributed by atoms with Gasteiger partial charge in [0, 0.05) is 47.6 Å². The van der Waals surface area contributed by atoms with Crippen molar-refractivity contribution in [3.8, 4) is 17.2 Å². The third kappa shape index (κ3) is 9.02. The topological polar surface area (TPSA) is 170 Å². The lowest BCUT2D eigenvalue weighted by Crippen LogP contribution is -2.50. The SMILES string of the molecule is COc1cc([C@@H]2c3c(C)nn(C)c3NC(=O)[C@H]2NC(=O)c2cccc(C)c2)ccc1OCCc1cccc(C(=O)N[C@@H]2C(=O)Nc3c(c(C)nn3-c3ccccc3)[C@H]2c2ccc(C(F)(F)F)cc2)c1. The van der Waals surface area contributed by atoms with Crippen LogP contribution in [0.5, 0.6) is 11.5 Å². The molecule has 0 saturated carbocycles. The van der Waals surface area contributed by atoms with E-state index in [0.717, 1.165) is 28.8 Å². The van der Waals surface area contributed by atoms with Gasteiger partial charge in [0.05, 0.1) is 36.4 Å². The zero-order chi connectivity index (χ0) is 48.7. The highest BCUT2D eigenvalue weighted by Gasteiger charge is 2.44. The number of aromatic nitrogens is 4. The van der Waals surface area contributed by atoms with Crippen LogP contribution in [-0.4, -0.2) is 69.0 Å². The molecule has 4 amide bonds. The van der Waals surface area contributed by atoms with Crippen LogP contribution >= 0.6 is 0 Å². The van der Waals surface area contributed by atoms with Gasteiger partial charge in [0.1, 0.15) is 23.7 Å². The molecule has 0 aliphatic carbocycles. The summed E-state index contributed by atoms with van der Waals surface area (Å²) in [5, 5.41) is 20.9. The van der Waals surface area contributed by atoms with E-state index in [0.29, 0.717) is 68.9 Å². The number of hydrogen-bond acceptors (Lipinski definition) is 8. The molecule has 2 aliphatic heterocycles. The number of aryl methyl sites for hydroxylation is 4. The summed E-state index contributed by atoms with van der Waals surface area (Å²) in [5.74, 6) is -1.74. The van der Waals surface area contributed by atoms with Gasteiger partial charge in [0.25, 0.3) is 11.8 Å². The van der Waals surface area contributed by atoms with E-state index in [1.807, 2.05) is 62.4 Å². The van der Waals surface area contributed by atoms with E-state index in [9.17, 15) is 32.3 Å². The minimum absolute atomic E-state index is 0.169. The first-order valence-electron chi connectivity index (χ1n) is 22.1. The molecule has 17 heteroatoms. The second kappa shape index (κ2) is 18.5. The molecule has 0 unspecified atom stereocenters. The summed E-state index contributed by atoms with van der Waals surface area (Å²) < 4.78 is 56.2. The molecule has 5 aromatic carbocycles. The van der Waals surface area contributed by atoms with E-state index in [1.165, 1.54) is 19.2 Å². The second-order valence-corrected chi connectivity index (χ2v) is 17.1. The number of nitrogens with one attached hydrogen (secondary N) is 4. The Morgan fingerprint density at radius 3 is 1.93 bits per heavy atom. The minimum atomic E-state index is -4.57. The molecule has 4 atom stereocenters. The predicted octanol–water partition coefficient (Wildman–Crippen LogP) is 7.95. The Hall–Kier alpha value is -8.21. The summed E-state index contributed by atoms with van der Waals surface area (Å²) in [6, 6.07) is 30.8. The van der Waals surface area contributed by atoms with Crippen LogP contribution in [0.3, 0.4) is 0 Å². The lowest BCUT2D eigenvalue weighted by Gasteiger charge is -2.33. The molecular weight excluding hydrogens is 890 g/mol. The number of amides is 4. The first-order chi connectivity index (χ1) is 33.1. The number of halogens is 3. The number of benzene rings is 5. The van der Waals surface area contributed by atoms with Crippen LogP contribution in [0.4, 0.5) is 24.8 Å². The van der Waals surface area contributed by atoms with Crippen molar-refractivity contribution in [2.45, 2.75) is 57.3 Å². The summed E-state index contributed by atoms with van der Waals surface area (Å²) in [6.45, 7) is 5.65. The Balaban J connectivity index is 0.930. The average molecular weight is 937 g/mol. The number of para-hydroxylation sites is 1. The molecule has 14 nitrogen and oxygen atoms in total. The number of alkyl halides is 3. The van der Waals surface area contributed by atoms with Gasteiger partial charge in [-0.25, -0.2) is 4.68 Å². The van der Waals surface area contributed by atoms with Crippen molar-refractivity contribution in [2.24, 2.45) is 7.05 Å². The second-order valence-electron chi connectivity index (χ2n) is 17.1. The van der Waals surface area contributed by atoms with Gasteiger partial charge in [-0.05, 0) is 98.1 Å². The van der Waals surface area contributed by atoms with E-state index in [-0.39, 0.29) is 12.2 Å². The molecule has 0 bridgehead atoms. The molecule has 4 heterocycles. The number of methoxy groups -OCH3 is 1. The molecule has 4 N–H and O–H groups in total. The molecule has 352 valence electrons. The van der Waals surface area contributed by atoms with Gasteiger partial charge in [0.15, 0.2) is 11.5 Å². The lowest BCUT2D eigenvalue weighted by molar-refractivity contribution is -0.137. The largest absolute Gasteiger partial charge is 0.493 e. The van der Waals surface area contributed by atoms with E-state index in [1.54, 1.807) is 71.9 Å². The van der Waals surface area contributed by atoms with E-state index in [4.69, 9.17) is 14.6 Å². The van der Waals surface area contributed by atoms with Crippen molar-refractivity contribution in [1.29, 1.82) is 0 Å². The van der Waals surface area contributed by atoms with Crippen LogP contribution in [0.15, 0.2) is 121 Å². The third-order valence-electron chi connectivity index (χ3n) is 12.5. The van der Waals surface area contributed by atoms with Crippen LogP contribution in [0.2, 0.25) is 0 Å². The fourth-order valence-electron chi connectivity index (χ4n) is 9.28. The van der Waals surface area contributed by atoms with Crippen LogP contribution < -0.4 is 30.7 Å². The summed E-state index contributed by atoms with van der Waals surface area (Å²) in [5.41, 5.74) is 5.73. The summed E-state index contributed by atoms with van der Waals surface area (Å²) >= 11 is 0. The highest BCUT2D eigenvalue weighted by Crippen LogP contribution is 2.43. The minimum Gasteiger partial charge on any atom is -0.493 e. The molecule has 2 aliphatic rings. The molecule has 2 aromatic heterocycles. The molecule has 0 spiro atoms. The summed E-state index contributed by atoms with van der Waals surface area (Å²) in [4.78, 5) is 55.4. The Morgan fingerprint density at radius 1 is 0.681 bits per heavy atom. The Morgan fingerprint density at radius 2 is 1.28 bits per heavy atom. The fourth-order valence-corrected chi connectivity index (χ4v) is 9.28. The highest BCUT2D eigenvalue weighted by molar-refractivity contribution is 6.05. The smallest absolute Gasteiger partial charge is 0.416 e. The molecule has 9 rings (SSSR count). The van der Waals surface area contributed by atoms with Gasteiger partial charge in [-0.1, -0.05) is 66.2 Å². The highest BCUT2D eigenvalue weighted by atomic mass is 19.4. The van der Waals surface area contributed by atoms with Crippen LogP contribution in [0, 0.1) is 20.8 Å². The third-order valence-corrected chi connectivity index (χ3v) is 12.5. The van der Waals surface area contributed by atoms with Crippen molar-refractivity contribution in [3.63, 3.8) is 0 Å². The number of carbonyl (C=O) groups excluding carboxylic acids is 4. The average Bonchev–Trinajstić information content (AvgIpc) is 3.81. The number of nitrogens with zero attached hydrogens (tertiary/aromatic N) is 4. The molecule has 7 aromatic rings. The summed E-state index contributed by atoms with van der Waals surface area (Å²) in [6.07, 6.45) is -4.21. The van der Waals surface area contributed by atoms with Gasteiger partial charge >= 0.3 is 6.18 Å². The molecule has 0 fully saturated rings. The zero-order valence-corrected chi connectivity index (χ0v) is 38.1. The first kappa shape index (κ1) is 45.9. The lowest BCUT2D eigenvalue weighted by atomic mass is 9.81. The summed E-state index contributed by atoms with van der Waals surface area (Å²) in [7, 11) is 3.25. The van der Waals surface area contributed by atoms with Gasteiger partial charge in [-0.2, -0.15) is 23.4 Å². The van der Waals surface area contributed by atoms with E-state index in [2.05, 4.69) is 26.4 Å². The van der Waals surface area contributed by atoms with Gasteiger partial charge < -0.3 is 30.7 Å². The standard InChI is InChI=1S/C52H47F3N8O6/c1-28-11-9-13-34(25-28)48(64)57-45-43(40-29(2)60-62(4)46(40)58-50(45)66)33-19-22-38(39(27-33)68-5)69-24-23-31-12-10-14-35(26-31)49(65)56-44-42(32-17-20-36(21-18-32)52(53,54)55)41-30(3)61-63(47(41)59-51(44)67)37-15-7-6-8-16-37/h6-22,25-27,42-45H,23-24H2,1-5H3,(H,56,65)(H,57,64)(H,58,66)(H,59,67)/t42-,43-,44+,45+/m1/s1. The number of carbonyl (C=O) groups is 4. The quantitative estimate of drug-likeness (QED) is 0.0957. The van der Waals surface area contributed by atoms with Gasteiger partial charge in [-0.15, -0.1) is 0 Å². The normalized spacial score (nSPS) is 17.5. The first-order valence-corrected chi connectivity index (χ1v) is 22.1. The maximum Gasteiger partial charge on any atom is 0.416 e. The molecular formula is C52H47F3N8O6. The zero-order valence-electron chi connectivity index (χ0n) is 38.1. The van der Waals surface area contributed by atoms with Crippen LogP contribution in [0.25, 0.3) is 5.69 Å². The number of ether oxygens (including phenoxy) is 2. The van der Waals surface area contributed by atoms with Gasteiger partial charge in [0.2, 0.25) is 11.8 Å². The number of anilines is 2. The maximum absolute atomic E-state index is 14.1. The maximum atomic E-state index is 14.1. The van der Waals surface area contributed by atoms with E-state index >= 15 is 0 Å². The molecule has 0 saturated heterocycles. The number of rotatable bonds is 12. The Labute approximate surface area is 394 Å². The fraction of sp³-hybridized carbons (Fsp3) is 0.231. The number of hydrogen-bond donors (Lipinski definition) is 4. The number of fused-ring (bicyclic) bond motifs is 2. The monoisotopic (exact) mass is 936 g/mol. The predicted molar refractivity (Wildman–Crippen MR) is 251 cm³/mol. The van der Waals surface area contributed by atoms with Crippen molar-refractivity contribution in [2.75, 3.05) is 24.4 Å². The Bertz CT molecular complexity index is 3130. The molecule has 0 radical (unpaired) electrons. The van der Waals surface area contributed by atoms with Crippen molar-refractivity contribution in [3.05, 3.63) is 183 Å². The Kier molecular flexibility index (Phi) is 12.3. The van der Waals surface area contributed by atoms with Crippen molar-refractivity contribution < 1.29 is 41.8 Å². The van der Waals surface area contributed by atoms with Crippen LogP contribution in [-0.2, 0) is 29.2 Å². The van der Waals surface area contributed by atoms with Crippen molar-refractivity contribution >= 4 is 35.3 Å². The van der Waals surface area contributed by atoms with E-state index < -0.39 is 59.3 Å².